The van der Waals surface area contributed by atoms with Gasteiger partial charge in [-0.25, -0.2) is 0 Å². The molecule has 4 rings (SSSR count). The molecule has 2 N–H and O–H groups in total. The third kappa shape index (κ3) is 4.92. The Kier molecular flexibility index (Phi) is 6.89. The molecule has 0 spiro atoms. The lowest BCUT2D eigenvalue weighted by atomic mass is 10.1. The third-order valence-corrected chi connectivity index (χ3v) is 5.48. The van der Waals surface area contributed by atoms with Gasteiger partial charge in [-0.1, -0.05) is 0 Å². The number of rotatable bonds is 9. The van der Waals surface area contributed by atoms with Gasteiger partial charge in [-0.15, -0.1) is 0 Å². The van der Waals surface area contributed by atoms with Crippen LogP contribution < -0.4 is 15.4 Å². The first-order valence-corrected chi connectivity index (χ1v) is 10.8. The van der Waals surface area contributed by atoms with Crippen LogP contribution >= 0.6 is 0 Å². The van der Waals surface area contributed by atoms with Crippen LogP contribution in [0.25, 0.3) is 0 Å². The first kappa shape index (κ1) is 23.0. The minimum absolute atomic E-state index is 0.245. The SMILES string of the molecule is COCCCN1C(=O)c2ccc(C(=O)Nc3ccc(Nc4ccc(OC)cc4)cc3)cc2C1=O. The van der Waals surface area contributed by atoms with Crippen molar-refractivity contribution < 1.29 is 23.9 Å². The first-order valence-electron chi connectivity index (χ1n) is 10.8. The van der Waals surface area contributed by atoms with E-state index in [4.69, 9.17) is 9.47 Å². The van der Waals surface area contributed by atoms with Crippen LogP contribution in [-0.4, -0.2) is 50.0 Å². The van der Waals surface area contributed by atoms with Gasteiger partial charge < -0.3 is 20.1 Å². The third-order valence-electron chi connectivity index (χ3n) is 5.48. The van der Waals surface area contributed by atoms with E-state index in [1.165, 1.54) is 17.0 Å². The Morgan fingerprint density at radius 1 is 0.824 bits per heavy atom. The van der Waals surface area contributed by atoms with E-state index in [2.05, 4.69) is 10.6 Å². The van der Waals surface area contributed by atoms with Crippen LogP contribution in [0.5, 0.6) is 5.75 Å². The molecule has 34 heavy (non-hydrogen) atoms. The maximum absolute atomic E-state index is 12.8. The molecule has 1 aliphatic heterocycles. The fourth-order valence-corrected chi connectivity index (χ4v) is 3.68. The molecule has 0 fully saturated rings. The smallest absolute Gasteiger partial charge is 0.261 e. The number of hydrogen-bond donors (Lipinski definition) is 2. The lowest BCUT2D eigenvalue weighted by Gasteiger charge is -2.12. The summed E-state index contributed by atoms with van der Waals surface area (Å²) in [6, 6.07) is 19.4. The number of anilines is 3. The van der Waals surface area contributed by atoms with Gasteiger partial charge in [-0.2, -0.15) is 0 Å². The molecule has 8 nitrogen and oxygen atoms in total. The zero-order valence-corrected chi connectivity index (χ0v) is 19.0. The Hall–Kier alpha value is -4.17. The van der Waals surface area contributed by atoms with Gasteiger partial charge in [0, 0.05) is 42.9 Å². The van der Waals surface area contributed by atoms with Crippen molar-refractivity contribution in [2.45, 2.75) is 6.42 Å². The number of carbonyl (C=O) groups excluding carboxylic acids is 3. The highest BCUT2D eigenvalue weighted by atomic mass is 16.5. The van der Waals surface area contributed by atoms with Gasteiger partial charge in [-0.05, 0) is 73.2 Å². The van der Waals surface area contributed by atoms with E-state index in [-0.39, 0.29) is 29.8 Å². The quantitative estimate of drug-likeness (QED) is 0.365. The summed E-state index contributed by atoms with van der Waals surface area (Å²) in [6.45, 7) is 0.730. The molecule has 174 valence electrons. The standard InChI is InChI=1S/C26H25N3O5/c1-33-15-3-14-29-25(31)22-13-4-17(16-23(22)26(29)32)24(30)28-20-7-5-18(6-8-20)27-19-9-11-21(34-2)12-10-19/h4-13,16,27H,3,14-15H2,1-2H3,(H,28,30). The maximum atomic E-state index is 12.8. The molecule has 3 aromatic carbocycles. The second-order valence-electron chi connectivity index (χ2n) is 7.75. The zero-order chi connectivity index (χ0) is 24.1. The molecule has 0 bridgehead atoms. The molecule has 0 aromatic heterocycles. The lowest BCUT2D eigenvalue weighted by molar-refractivity contribution is 0.0638. The summed E-state index contributed by atoms with van der Waals surface area (Å²) in [5.74, 6) is -0.320. The van der Waals surface area contributed by atoms with Crippen molar-refractivity contribution in [2.24, 2.45) is 0 Å². The molecule has 8 heteroatoms. The number of methoxy groups -OCH3 is 2. The van der Waals surface area contributed by atoms with Gasteiger partial charge in [0.15, 0.2) is 0 Å². The van der Waals surface area contributed by atoms with Crippen molar-refractivity contribution >= 4 is 34.8 Å². The van der Waals surface area contributed by atoms with Crippen molar-refractivity contribution in [2.75, 3.05) is 38.0 Å². The summed E-state index contributed by atoms with van der Waals surface area (Å²) in [6.07, 6.45) is 0.554. The van der Waals surface area contributed by atoms with Gasteiger partial charge >= 0.3 is 0 Å². The van der Waals surface area contributed by atoms with Crippen LogP contribution in [0.4, 0.5) is 17.1 Å². The highest BCUT2D eigenvalue weighted by molar-refractivity contribution is 6.22. The second kappa shape index (κ2) is 10.2. The van der Waals surface area contributed by atoms with E-state index < -0.39 is 0 Å². The summed E-state index contributed by atoms with van der Waals surface area (Å²) < 4.78 is 10.2. The fraction of sp³-hybridized carbons (Fsp3) is 0.192. The van der Waals surface area contributed by atoms with Crippen LogP contribution in [0.3, 0.4) is 0 Å². The van der Waals surface area contributed by atoms with Crippen molar-refractivity contribution in [1.82, 2.24) is 4.90 Å². The Labute approximate surface area is 197 Å². The van der Waals surface area contributed by atoms with Crippen molar-refractivity contribution in [3.63, 3.8) is 0 Å². The first-order chi connectivity index (χ1) is 16.5. The van der Waals surface area contributed by atoms with Gasteiger partial charge in [0.05, 0.1) is 18.2 Å². The van der Waals surface area contributed by atoms with Crippen molar-refractivity contribution in [1.29, 1.82) is 0 Å². The molecule has 3 aromatic rings. The Morgan fingerprint density at radius 2 is 1.44 bits per heavy atom. The molecule has 1 aliphatic rings. The molecule has 0 aliphatic carbocycles. The minimum Gasteiger partial charge on any atom is -0.497 e. The number of amides is 3. The van der Waals surface area contributed by atoms with E-state index in [0.717, 1.165) is 17.1 Å². The van der Waals surface area contributed by atoms with Gasteiger partial charge in [-0.3, -0.25) is 19.3 Å². The molecular formula is C26H25N3O5. The lowest BCUT2D eigenvalue weighted by Crippen LogP contribution is -2.31. The zero-order valence-electron chi connectivity index (χ0n) is 19.0. The number of hydrogen-bond acceptors (Lipinski definition) is 6. The highest BCUT2D eigenvalue weighted by Gasteiger charge is 2.35. The molecule has 1 heterocycles. The molecular weight excluding hydrogens is 434 g/mol. The molecule has 0 saturated heterocycles. The molecule has 0 saturated carbocycles. The number of nitrogens with zero attached hydrogens (tertiary/aromatic N) is 1. The Morgan fingerprint density at radius 3 is 2.09 bits per heavy atom. The van der Waals surface area contributed by atoms with Gasteiger partial charge in [0.1, 0.15) is 5.75 Å². The summed E-state index contributed by atoms with van der Waals surface area (Å²) in [4.78, 5) is 39.2. The average molecular weight is 460 g/mol. The summed E-state index contributed by atoms with van der Waals surface area (Å²) >= 11 is 0. The number of fused-ring (bicyclic) bond motifs is 1. The van der Waals surface area contributed by atoms with E-state index in [1.807, 2.05) is 36.4 Å². The van der Waals surface area contributed by atoms with Crippen molar-refractivity contribution in [3.05, 3.63) is 83.4 Å². The Bertz CT molecular complexity index is 1210. The van der Waals surface area contributed by atoms with Crippen LogP contribution in [0.2, 0.25) is 0 Å². The average Bonchev–Trinajstić information content (AvgIpc) is 3.10. The minimum atomic E-state index is -0.389. The second-order valence-corrected chi connectivity index (χ2v) is 7.75. The number of nitrogens with one attached hydrogen (secondary N) is 2. The van der Waals surface area contributed by atoms with E-state index in [0.29, 0.717) is 29.8 Å². The van der Waals surface area contributed by atoms with Crippen LogP contribution in [-0.2, 0) is 4.74 Å². The molecule has 0 atom stereocenters. The van der Waals surface area contributed by atoms with E-state index in [9.17, 15) is 14.4 Å². The number of imide groups is 1. The topological polar surface area (TPSA) is 97.0 Å². The highest BCUT2D eigenvalue weighted by Crippen LogP contribution is 2.25. The number of ether oxygens (including phenoxy) is 2. The maximum Gasteiger partial charge on any atom is 0.261 e. The predicted molar refractivity (Wildman–Crippen MR) is 129 cm³/mol. The van der Waals surface area contributed by atoms with Crippen molar-refractivity contribution in [3.8, 4) is 5.75 Å². The Balaban J connectivity index is 1.40. The van der Waals surface area contributed by atoms with Crippen LogP contribution in [0.1, 0.15) is 37.5 Å². The molecule has 0 radical (unpaired) electrons. The van der Waals surface area contributed by atoms with E-state index >= 15 is 0 Å². The van der Waals surface area contributed by atoms with Crippen LogP contribution in [0.15, 0.2) is 66.7 Å². The summed E-state index contributed by atoms with van der Waals surface area (Å²) in [5, 5.41) is 6.10. The fourth-order valence-electron chi connectivity index (χ4n) is 3.68. The van der Waals surface area contributed by atoms with Gasteiger partial charge in [0.25, 0.3) is 17.7 Å². The normalized spacial score (nSPS) is 12.5. The molecule has 3 amide bonds. The van der Waals surface area contributed by atoms with Gasteiger partial charge in [0.2, 0.25) is 0 Å². The largest absolute Gasteiger partial charge is 0.497 e. The summed E-state index contributed by atoms with van der Waals surface area (Å²) in [7, 11) is 3.19. The predicted octanol–water partition coefficient (Wildman–Crippen LogP) is 4.32. The monoisotopic (exact) mass is 459 g/mol. The van der Waals surface area contributed by atoms with Crippen LogP contribution in [0, 0.1) is 0 Å². The van der Waals surface area contributed by atoms with E-state index in [1.54, 1.807) is 32.4 Å². The molecule has 0 unspecified atom stereocenters. The number of benzene rings is 3. The summed E-state index contributed by atoms with van der Waals surface area (Å²) in [5.41, 5.74) is 3.24. The number of carbonyl (C=O) groups is 3.